The van der Waals surface area contributed by atoms with Crippen LogP contribution in [0.15, 0.2) is 67.3 Å². The van der Waals surface area contributed by atoms with Crippen LogP contribution in [0.3, 0.4) is 0 Å². The minimum absolute atomic E-state index is 0.149. The van der Waals surface area contributed by atoms with Crippen molar-refractivity contribution in [2.24, 2.45) is 5.41 Å². The molecule has 1 fully saturated rings. The number of benzene rings is 2. The fourth-order valence-electron chi connectivity index (χ4n) is 4.35. The first kappa shape index (κ1) is 21.7. The Kier molecular flexibility index (Phi) is 6.35. The SMILES string of the molecule is CCOC(=O)C1(Cc2ccccc2F)CCCN(C(=O)c2ccc(-n3ccnc3)cc2)C1. The molecule has 32 heavy (non-hydrogen) atoms. The van der Waals surface area contributed by atoms with Gasteiger partial charge in [-0.25, -0.2) is 9.37 Å². The van der Waals surface area contributed by atoms with Gasteiger partial charge < -0.3 is 14.2 Å². The second-order valence-corrected chi connectivity index (χ2v) is 8.12. The van der Waals surface area contributed by atoms with Gasteiger partial charge in [0.25, 0.3) is 5.91 Å². The molecule has 1 saturated heterocycles. The average molecular weight is 435 g/mol. The van der Waals surface area contributed by atoms with E-state index in [2.05, 4.69) is 4.98 Å². The topological polar surface area (TPSA) is 64.4 Å². The number of carbonyl (C=O) groups excluding carboxylic acids is 2. The molecule has 1 amide bonds. The molecule has 0 radical (unpaired) electrons. The third-order valence-corrected chi connectivity index (χ3v) is 5.98. The molecule has 0 aliphatic carbocycles. The van der Waals surface area contributed by atoms with Gasteiger partial charge in [0.2, 0.25) is 0 Å². The Bertz CT molecular complexity index is 1080. The molecular formula is C25H26FN3O3. The maximum absolute atomic E-state index is 14.4. The average Bonchev–Trinajstić information content (AvgIpc) is 3.36. The number of likely N-dealkylation sites (tertiary alicyclic amines) is 1. The maximum Gasteiger partial charge on any atom is 0.314 e. The molecule has 2 heterocycles. The van der Waals surface area contributed by atoms with Gasteiger partial charge in [-0.3, -0.25) is 9.59 Å². The van der Waals surface area contributed by atoms with Gasteiger partial charge in [0.05, 0.1) is 18.3 Å². The Labute approximate surface area is 186 Å². The van der Waals surface area contributed by atoms with Crippen molar-refractivity contribution in [3.05, 3.63) is 84.2 Å². The standard InChI is InChI=1S/C25H26FN3O3/c1-2-32-24(31)25(16-20-6-3-4-7-22(20)26)12-5-14-28(17-25)23(30)19-8-10-21(11-9-19)29-15-13-27-18-29/h3-4,6-11,13,15,18H,2,5,12,14,16-17H2,1H3. The van der Waals surface area contributed by atoms with Gasteiger partial charge in [-0.05, 0) is 62.1 Å². The van der Waals surface area contributed by atoms with E-state index in [-0.39, 0.29) is 37.3 Å². The molecule has 1 atom stereocenters. The predicted octanol–water partition coefficient (Wildman–Crippen LogP) is 4.04. The van der Waals surface area contributed by atoms with Crippen molar-refractivity contribution >= 4 is 11.9 Å². The fraction of sp³-hybridized carbons (Fsp3) is 0.320. The van der Waals surface area contributed by atoms with Crippen LogP contribution in [0.2, 0.25) is 0 Å². The molecular weight excluding hydrogens is 409 g/mol. The van der Waals surface area contributed by atoms with E-state index in [1.165, 1.54) is 6.07 Å². The molecule has 2 aromatic carbocycles. The van der Waals surface area contributed by atoms with Crippen molar-refractivity contribution < 1.29 is 18.7 Å². The second-order valence-electron chi connectivity index (χ2n) is 8.12. The van der Waals surface area contributed by atoms with Crippen LogP contribution in [0.25, 0.3) is 5.69 Å². The van der Waals surface area contributed by atoms with Crippen molar-refractivity contribution in [1.29, 1.82) is 0 Å². The van der Waals surface area contributed by atoms with Crippen LogP contribution in [0.4, 0.5) is 4.39 Å². The zero-order valence-corrected chi connectivity index (χ0v) is 18.0. The Hall–Kier alpha value is -3.48. The zero-order chi connectivity index (χ0) is 22.6. The molecule has 0 bridgehead atoms. The van der Waals surface area contributed by atoms with E-state index >= 15 is 0 Å². The quantitative estimate of drug-likeness (QED) is 0.548. The van der Waals surface area contributed by atoms with Crippen LogP contribution in [0.1, 0.15) is 35.7 Å². The number of rotatable bonds is 6. The number of hydrogen-bond acceptors (Lipinski definition) is 4. The molecule has 166 valence electrons. The van der Waals surface area contributed by atoms with Crippen LogP contribution >= 0.6 is 0 Å². The van der Waals surface area contributed by atoms with Crippen molar-refractivity contribution in [1.82, 2.24) is 14.5 Å². The van der Waals surface area contributed by atoms with Crippen LogP contribution in [0, 0.1) is 11.2 Å². The summed E-state index contributed by atoms with van der Waals surface area (Å²) < 4.78 is 21.6. The van der Waals surface area contributed by atoms with Gasteiger partial charge in [0.1, 0.15) is 5.82 Å². The Morgan fingerprint density at radius 3 is 2.62 bits per heavy atom. The summed E-state index contributed by atoms with van der Waals surface area (Å²) in [4.78, 5) is 32.0. The molecule has 4 rings (SSSR count). The van der Waals surface area contributed by atoms with E-state index < -0.39 is 5.41 Å². The summed E-state index contributed by atoms with van der Waals surface area (Å²) in [6, 6.07) is 13.7. The van der Waals surface area contributed by atoms with E-state index in [9.17, 15) is 14.0 Å². The lowest BCUT2D eigenvalue weighted by molar-refractivity contribution is -0.158. The number of halogens is 1. The minimum atomic E-state index is -0.969. The van der Waals surface area contributed by atoms with E-state index in [1.54, 1.807) is 54.7 Å². The van der Waals surface area contributed by atoms with Crippen LogP contribution in [-0.4, -0.2) is 46.0 Å². The normalized spacial score (nSPS) is 18.4. The Balaban J connectivity index is 1.57. The molecule has 1 aromatic heterocycles. The van der Waals surface area contributed by atoms with Gasteiger partial charge in [0, 0.05) is 36.7 Å². The van der Waals surface area contributed by atoms with Crippen molar-refractivity contribution in [2.75, 3.05) is 19.7 Å². The molecule has 0 saturated carbocycles. The Morgan fingerprint density at radius 2 is 1.94 bits per heavy atom. The lowest BCUT2D eigenvalue weighted by Gasteiger charge is -2.41. The summed E-state index contributed by atoms with van der Waals surface area (Å²) in [5, 5.41) is 0. The van der Waals surface area contributed by atoms with Crippen molar-refractivity contribution in [3.63, 3.8) is 0 Å². The van der Waals surface area contributed by atoms with Gasteiger partial charge >= 0.3 is 5.97 Å². The number of amides is 1. The molecule has 3 aromatic rings. The first-order valence-electron chi connectivity index (χ1n) is 10.8. The summed E-state index contributed by atoms with van der Waals surface area (Å²) in [5.41, 5.74) is 0.931. The van der Waals surface area contributed by atoms with Crippen molar-refractivity contribution in [3.8, 4) is 5.69 Å². The number of nitrogens with zero attached hydrogens (tertiary/aromatic N) is 3. The summed E-state index contributed by atoms with van der Waals surface area (Å²) in [6.07, 6.45) is 6.60. The number of ether oxygens (including phenoxy) is 1. The number of piperidine rings is 1. The number of carbonyl (C=O) groups is 2. The zero-order valence-electron chi connectivity index (χ0n) is 18.0. The van der Waals surface area contributed by atoms with Crippen LogP contribution in [0.5, 0.6) is 0 Å². The van der Waals surface area contributed by atoms with E-state index in [0.29, 0.717) is 30.5 Å². The van der Waals surface area contributed by atoms with Crippen LogP contribution < -0.4 is 0 Å². The van der Waals surface area contributed by atoms with Gasteiger partial charge in [-0.15, -0.1) is 0 Å². The number of aromatic nitrogens is 2. The van der Waals surface area contributed by atoms with Crippen LogP contribution in [-0.2, 0) is 16.0 Å². The molecule has 1 unspecified atom stereocenters. The molecule has 1 aliphatic rings. The van der Waals surface area contributed by atoms with Gasteiger partial charge in [-0.1, -0.05) is 18.2 Å². The fourth-order valence-corrected chi connectivity index (χ4v) is 4.35. The number of esters is 1. The highest BCUT2D eigenvalue weighted by Crippen LogP contribution is 2.36. The van der Waals surface area contributed by atoms with Gasteiger partial charge in [0.15, 0.2) is 0 Å². The predicted molar refractivity (Wildman–Crippen MR) is 118 cm³/mol. The third kappa shape index (κ3) is 4.42. The summed E-state index contributed by atoms with van der Waals surface area (Å²) in [7, 11) is 0. The highest BCUT2D eigenvalue weighted by atomic mass is 19.1. The smallest absolute Gasteiger partial charge is 0.314 e. The summed E-state index contributed by atoms with van der Waals surface area (Å²) in [6.45, 7) is 2.73. The van der Waals surface area contributed by atoms with Gasteiger partial charge in [-0.2, -0.15) is 0 Å². The highest BCUT2D eigenvalue weighted by molar-refractivity contribution is 5.95. The first-order chi connectivity index (χ1) is 15.5. The summed E-state index contributed by atoms with van der Waals surface area (Å²) >= 11 is 0. The van der Waals surface area contributed by atoms with E-state index in [4.69, 9.17) is 4.74 Å². The molecule has 0 spiro atoms. The number of imidazole rings is 1. The third-order valence-electron chi connectivity index (χ3n) is 5.98. The number of hydrogen-bond donors (Lipinski definition) is 0. The molecule has 6 nitrogen and oxygen atoms in total. The van der Waals surface area contributed by atoms with E-state index in [0.717, 1.165) is 5.69 Å². The monoisotopic (exact) mass is 435 g/mol. The Morgan fingerprint density at radius 1 is 1.16 bits per heavy atom. The van der Waals surface area contributed by atoms with Crippen molar-refractivity contribution in [2.45, 2.75) is 26.2 Å². The molecule has 7 heteroatoms. The maximum atomic E-state index is 14.4. The highest BCUT2D eigenvalue weighted by Gasteiger charge is 2.45. The lowest BCUT2D eigenvalue weighted by atomic mass is 9.74. The lowest BCUT2D eigenvalue weighted by Crippen LogP contribution is -2.51. The minimum Gasteiger partial charge on any atom is -0.466 e. The van der Waals surface area contributed by atoms with E-state index in [1.807, 2.05) is 22.9 Å². The molecule has 1 aliphatic heterocycles. The first-order valence-corrected chi connectivity index (χ1v) is 10.8. The summed E-state index contributed by atoms with van der Waals surface area (Å²) in [5.74, 6) is -0.880. The molecule has 0 N–H and O–H groups in total. The largest absolute Gasteiger partial charge is 0.466 e. The second kappa shape index (κ2) is 9.34.